The predicted octanol–water partition coefficient (Wildman–Crippen LogP) is -0.628. The van der Waals surface area contributed by atoms with E-state index in [1.165, 1.54) is 13.8 Å². The first-order chi connectivity index (χ1) is 6.48. The Morgan fingerprint density at radius 1 is 1.40 bits per heavy atom. The minimum absolute atomic E-state index is 0.563. The smallest absolute Gasteiger partial charge is 0.314 e. The minimum atomic E-state index is -4.35. The Hall–Kier alpha value is -0.760. The average molecular weight is 245 g/mol. The van der Waals surface area contributed by atoms with Crippen molar-refractivity contribution in [3.8, 4) is 0 Å². The largest absolute Gasteiger partial charge is 0.544 e. The van der Waals surface area contributed by atoms with Gasteiger partial charge in [-0.2, -0.15) is 17.2 Å². The van der Waals surface area contributed by atoms with E-state index >= 15 is 0 Å². The number of carbonyl (C=O) groups excluding carboxylic acids is 1. The van der Waals surface area contributed by atoms with Gasteiger partial charge in [-0.05, 0) is 5.92 Å². The van der Waals surface area contributed by atoms with E-state index in [-0.39, 0.29) is 0 Å². The Kier molecular flexibility index (Phi) is 4.17. The Labute approximate surface area is 86.2 Å². The lowest BCUT2D eigenvalue weighted by atomic mass is 10.0. The number of alkyl halides is 2. The third kappa shape index (κ3) is 4.08. The molecule has 0 heterocycles. The third-order valence-electron chi connectivity index (χ3n) is 1.51. The van der Waals surface area contributed by atoms with Crippen molar-refractivity contribution < 1.29 is 31.3 Å². The van der Waals surface area contributed by atoms with E-state index in [1.807, 2.05) is 0 Å². The van der Waals surface area contributed by atoms with Gasteiger partial charge in [-0.3, -0.25) is 4.18 Å². The molecule has 0 N–H and O–H groups in total. The highest BCUT2D eigenvalue weighted by molar-refractivity contribution is 7.86. The first-order valence-electron chi connectivity index (χ1n) is 3.96. The molecule has 0 bridgehead atoms. The summed E-state index contributed by atoms with van der Waals surface area (Å²) in [6.45, 7) is 2.43. The molecule has 0 amide bonds. The average Bonchev–Trinajstić information content (AvgIpc) is 1.97. The summed E-state index contributed by atoms with van der Waals surface area (Å²) >= 11 is 0. The second-order valence-electron chi connectivity index (χ2n) is 3.38. The molecule has 0 aliphatic carbocycles. The molecule has 90 valence electrons. The quantitative estimate of drug-likeness (QED) is 0.602. The van der Waals surface area contributed by atoms with Crippen LogP contribution in [0.25, 0.3) is 0 Å². The number of carboxylic acid groups (broad SMARTS) is 1. The van der Waals surface area contributed by atoms with Crippen molar-refractivity contribution in [1.82, 2.24) is 0 Å². The lowest BCUT2D eigenvalue weighted by molar-refractivity contribution is -0.336. The van der Waals surface area contributed by atoms with Crippen LogP contribution < -0.4 is 5.11 Å². The van der Waals surface area contributed by atoms with E-state index < -0.39 is 34.0 Å². The molecule has 0 aliphatic rings. The van der Waals surface area contributed by atoms with Gasteiger partial charge in [0.2, 0.25) is 0 Å². The maximum absolute atomic E-state index is 12.9. The lowest BCUT2D eigenvalue weighted by Crippen LogP contribution is -2.53. The number of aliphatic carboxylic acids is 1. The molecule has 1 atom stereocenters. The molecule has 0 radical (unpaired) electrons. The number of halogens is 2. The second-order valence-corrected chi connectivity index (χ2v) is 4.98. The van der Waals surface area contributed by atoms with E-state index in [9.17, 15) is 27.1 Å². The molecule has 0 aliphatic heterocycles. The van der Waals surface area contributed by atoms with Gasteiger partial charge in [0.25, 0.3) is 10.1 Å². The van der Waals surface area contributed by atoms with E-state index in [4.69, 9.17) is 0 Å². The molecule has 8 heteroatoms. The molecule has 0 rings (SSSR count). The Bertz CT molecular complexity index is 335. The van der Waals surface area contributed by atoms with Crippen molar-refractivity contribution in [1.29, 1.82) is 0 Å². The zero-order chi connectivity index (χ0) is 12.4. The van der Waals surface area contributed by atoms with Gasteiger partial charge >= 0.3 is 5.92 Å². The van der Waals surface area contributed by atoms with Crippen molar-refractivity contribution in [3.63, 3.8) is 0 Å². The summed E-state index contributed by atoms with van der Waals surface area (Å²) in [5, 5.41) is 10.1. The molecule has 0 saturated carbocycles. The van der Waals surface area contributed by atoms with Gasteiger partial charge in [-0.15, -0.1) is 0 Å². The van der Waals surface area contributed by atoms with Crippen LogP contribution >= 0.6 is 0 Å². The van der Waals surface area contributed by atoms with Crippen LogP contribution in [0.5, 0.6) is 0 Å². The minimum Gasteiger partial charge on any atom is -0.544 e. The number of hydrogen-bond donors (Lipinski definition) is 0. The van der Waals surface area contributed by atoms with E-state index in [2.05, 4.69) is 4.18 Å². The molecule has 0 aromatic heterocycles. The summed E-state index contributed by atoms with van der Waals surface area (Å²) in [4.78, 5) is 10.1. The van der Waals surface area contributed by atoms with Crippen molar-refractivity contribution in [2.75, 3.05) is 6.26 Å². The van der Waals surface area contributed by atoms with Crippen LogP contribution in [0.4, 0.5) is 8.78 Å². The van der Waals surface area contributed by atoms with Crippen LogP contribution in [0.2, 0.25) is 0 Å². The van der Waals surface area contributed by atoms with Crippen LogP contribution in [-0.4, -0.2) is 32.7 Å². The zero-order valence-electron chi connectivity index (χ0n) is 8.36. The predicted molar refractivity (Wildman–Crippen MR) is 44.5 cm³/mol. The molecule has 1 unspecified atom stereocenters. The summed E-state index contributed by atoms with van der Waals surface area (Å²) in [5.41, 5.74) is 0. The van der Waals surface area contributed by atoms with Gasteiger partial charge < -0.3 is 9.90 Å². The number of hydrogen-bond acceptors (Lipinski definition) is 5. The van der Waals surface area contributed by atoms with E-state index in [0.29, 0.717) is 6.26 Å². The highest BCUT2D eigenvalue weighted by Gasteiger charge is 2.46. The van der Waals surface area contributed by atoms with Crippen LogP contribution in [0.15, 0.2) is 0 Å². The maximum Gasteiger partial charge on any atom is 0.314 e. The van der Waals surface area contributed by atoms with Crippen molar-refractivity contribution in [2.45, 2.75) is 25.9 Å². The standard InChI is InChI=1S/C7H12F2O5S/c1-4(2)5(14-15(3,12)13)7(8,9)6(10)11/h4-5H,1-3H3,(H,10,11)/p-1. The molecule has 5 nitrogen and oxygen atoms in total. The summed E-state index contributed by atoms with van der Waals surface area (Å²) in [6, 6.07) is 0. The van der Waals surface area contributed by atoms with Crippen LogP contribution in [0, 0.1) is 5.92 Å². The second kappa shape index (κ2) is 4.40. The van der Waals surface area contributed by atoms with Gasteiger partial charge in [0.1, 0.15) is 12.1 Å². The Balaban J connectivity index is 5.08. The zero-order valence-corrected chi connectivity index (χ0v) is 9.18. The van der Waals surface area contributed by atoms with Crippen molar-refractivity contribution >= 4 is 16.1 Å². The first kappa shape index (κ1) is 14.2. The highest BCUT2D eigenvalue weighted by atomic mass is 32.2. The van der Waals surface area contributed by atoms with Crippen LogP contribution in [0.1, 0.15) is 13.8 Å². The lowest BCUT2D eigenvalue weighted by Gasteiger charge is -2.29. The molecule has 15 heavy (non-hydrogen) atoms. The molecular formula is C7H11F2O5S-. The highest BCUT2D eigenvalue weighted by Crippen LogP contribution is 2.27. The number of carbonyl (C=O) groups is 1. The summed E-state index contributed by atoms with van der Waals surface area (Å²) in [7, 11) is -4.16. The summed E-state index contributed by atoms with van der Waals surface area (Å²) in [6.07, 6.45) is -1.70. The van der Waals surface area contributed by atoms with Crippen molar-refractivity contribution in [3.05, 3.63) is 0 Å². The molecule has 0 aromatic carbocycles. The third-order valence-corrected chi connectivity index (χ3v) is 2.07. The van der Waals surface area contributed by atoms with E-state index in [0.717, 1.165) is 0 Å². The monoisotopic (exact) mass is 245 g/mol. The summed E-state index contributed by atoms with van der Waals surface area (Å²) in [5.74, 6) is -8.01. The van der Waals surface area contributed by atoms with Gasteiger partial charge in [0, 0.05) is 0 Å². The molecule has 0 aromatic rings. The van der Waals surface area contributed by atoms with E-state index in [1.54, 1.807) is 0 Å². The fraction of sp³-hybridized carbons (Fsp3) is 0.857. The van der Waals surface area contributed by atoms with Gasteiger partial charge in [0.05, 0.1) is 6.26 Å². The molecular weight excluding hydrogens is 234 g/mol. The number of rotatable bonds is 5. The van der Waals surface area contributed by atoms with Gasteiger partial charge in [-0.25, -0.2) is 0 Å². The first-order valence-corrected chi connectivity index (χ1v) is 5.77. The molecule has 0 fully saturated rings. The SMILES string of the molecule is CC(C)C(OS(C)(=O)=O)C(F)(F)C(=O)[O-]. The topological polar surface area (TPSA) is 83.5 Å². The van der Waals surface area contributed by atoms with Gasteiger partial charge in [-0.1, -0.05) is 13.8 Å². The summed E-state index contributed by atoms with van der Waals surface area (Å²) < 4.78 is 51.2. The van der Waals surface area contributed by atoms with Crippen LogP contribution in [-0.2, 0) is 19.1 Å². The normalized spacial score (nSPS) is 15.3. The van der Waals surface area contributed by atoms with Crippen molar-refractivity contribution in [2.24, 2.45) is 5.92 Å². The van der Waals surface area contributed by atoms with Gasteiger partial charge in [0.15, 0.2) is 0 Å². The Morgan fingerprint density at radius 2 is 1.80 bits per heavy atom. The van der Waals surface area contributed by atoms with Crippen LogP contribution in [0.3, 0.4) is 0 Å². The fourth-order valence-corrected chi connectivity index (χ4v) is 1.61. The fourth-order valence-electron chi connectivity index (χ4n) is 0.895. The number of carboxylic acids is 1. The Morgan fingerprint density at radius 3 is 2.00 bits per heavy atom. The maximum atomic E-state index is 12.9. The molecule has 0 saturated heterocycles. The molecule has 0 spiro atoms.